The predicted octanol–water partition coefficient (Wildman–Crippen LogP) is 2.64. The molecule has 0 saturated heterocycles. The Morgan fingerprint density at radius 1 is 1.33 bits per heavy atom. The Labute approximate surface area is 110 Å². The Morgan fingerprint density at radius 3 is 2.44 bits per heavy atom. The van der Waals surface area contributed by atoms with E-state index in [-0.39, 0.29) is 18.1 Å². The molecule has 18 heavy (non-hydrogen) atoms. The van der Waals surface area contributed by atoms with Crippen molar-refractivity contribution in [1.82, 2.24) is 5.32 Å². The Morgan fingerprint density at radius 2 is 2.00 bits per heavy atom. The molecule has 1 atom stereocenters. The van der Waals surface area contributed by atoms with Crippen LogP contribution in [-0.4, -0.2) is 25.4 Å². The van der Waals surface area contributed by atoms with E-state index in [1.807, 2.05) is 13.0 Å². The standard InChI is InChI=1S/C15H25NO2/c1-6-16-13(10-17)12-9-11(15(2,3)4)7-8-14(12)18-5/h7-9,13,16-17H,6,10H2,1-5H3. The summed E-state index contributed by atoms with van der Waals surface area (Å²) >= 11 is 0. The van der Waals surface area contributed by atoms with E-state index in [0.717, 1.165) is 17.9 Å². The van der Waals surface area contributed by atoms with Gasteiger partial charge in [0.15, 0.2) is 0 Å². The molecular weight excluding hydrogens is 226 g/mol. The van der Waals surface area contributed by atoms with Gasteiger partial charge in [-0.2, -0.15) is 0 Å². The van der Waals surface area contributed by atoms with Crippen LogP contribution >= 0.6 is 0 Å². The van der Waals surface area contributed by atoms with Gasteiger partial charge < -0.3 is 15.2 Å². The van der Waals surface area contributed by atoms with Gasteiger partial charge in [0.1, 0.15) is 5.75 Å². The first-order chi connectivity index (χ1) is 8.43. The van der Waals surface area contributed by atoms with E-state index in [2.05, 4.69) is 38.2 Å². The summed E-state index contributed by atoms with van der Waals surface area (Å²) in [6.07, 6.45) is 0. The number of likely N-dealkylation sites (N-methyl/N-ethyl adjacent to an activating group) is 1. The lowest BCUT2D eigenvalue weighted by molar-refractivity contribution is 0.242. The molecule has 0 saturated carbocycles. The van der Waals surface area contributed by atoms with Crippen LogP contribution in [0.2, 0.25) is 0 Å². The van der Waals surface area contributed by atoms with Crippen LogP contribution in [0, 0.1) is 0 Å². The highest BCUT2D eigenvalue weighted by Crippen LogP contribution is 2.31. The van der Waals surface area contributed by atoms with Crippen molar-refractivity contribution in [1.29, 1.82) is 0 Å². The minimum absolute atomic E-state index is 0.0673. The molecule has 0 aromatic heterocycles. The third-order valence-electron chi connectivity index (χ3n) is 3.10. The van der Waals surface area contributed by atoms with Crippen LogP contribution in [-0.2, 0) is 5.41 Å². The number of nitrogens with one attached hydrogen (secondary N) is 1. The third kappa shape index (κ3) is 3.47. The van der Waals surface area contributed by atoms with Crippen molar-refractivity contribution in [3.63, 3.8) is 0 Å². The van der Waals surface area contributed by atoms with Crippen LogP contribution in [0.3, 0.4) is 0 Å². The summed E-state index contributed by atoms with van der Waals surface area (Å²) < 4.78 is 5.39. The van der Waals surface area contributed by atoms with Crippen LogP contribution < -0.4 is 10.1 Å². The SMILES string of the molecule is CCNC(CO)c1cc(C(C)(C)C)ccc1OC. The third-order valence-corrected chi connectivity index (χ3v) is 3.10. The fourth-order valence-electron chi connectivity index (χ4n) is 1.99. The monoisotopic (exact) mass is 251 g/mol. The Bertz CT molecular complexity index is 383. The molecule has 0 bridgehead atoms. The number of aliphatic hydroxyl groups is 1. The molecule has 3 heteroatoms. The van der Waals surface area contributed by atoms with Gasteiger partial charge in [0.2, 0.25) is 0 Å². The number of methoxy groups -OCH3 is 1. The molecule has 1 unspecified atom stereocenters. The van der Waals surface area contributed by atoms with Crippen LogP contribution in [0.1, 0.15) is 44.9 Å². The molecule has 0 aliphatic heterocycles. The van der Waals surface area contributed by atoms with Gasteiger partial charge >= 0.3 is 0 Å². The molecule has 0 fully saturated rings. The first-order valence-corrected chi connectivity index (χ1v) is 6.46. The van der Waals surface area contributed by atoms with E-state index in [0.29, 0.717) is 0 Å². The fraction of sp³-hybridized carbons (Fsp3) is 0.600. The van der Waals surface area contributed by atoms with Crippen molar-refractivity contribution in [2.45, 2.75) is 39.2 Å². The van der Waals surface area contributed by atoms with E-state index in [4.69, 9.17) is 4.74 Å². The molecular formula is C15H25NO2. The molecule has 0 aliphatic rings. The summed E-state index contributed by atoms with van der Waals surface area (Å²) in [4.78, 5) is 0. The summed E-state index contributed by atoms with van der Waals surface area (Å²) in [7, 11) is 1.66. The average Bonchev–Trinajstić information content (AvgIpc) is 2.34. The highest BCUT2D eigenvalue weighted by molar-refractivity contribution is 5.41. The predicted molar refractivity (Wildman–Crippen MR) is 75.2 cm³/mol. The maximum Gasteiger partial charge on any atom is 0.123 e. The number of benzene rings is 1. The number of hydrogen-bond acceptors (Lipinski definition) is 3. The molecule has 102 valence electrons. The molecule has 0 radical (unpaired) electrons. The largest absolute Gasteiger partial charge is 0.496 e. The summed E-state index contributed by atoms with van der Waals surface area (Å²) in [5, 5.41) is 12.8. The van der Waals surface area contributed by atoms with Gasteiger partial charge in [0.05, 0.1) is 19.8 Å². The first kappa shape index (κ1) is 15.0. The van der Waals surface area contributed by atoms with Gasteiger partial charge in [0.25, 0.3) is 0 Å². The quantitative estimate of drug-likeness (QED) is 0.845. The summed E-state index contributed by atoms with van der Waals surface area (Å²) in [6.45, 7) is 9.45. The zero-order valence-corrected chi connectivity index (χ0v) is 12.1. The smallest absolute Gasteiger partial charge is 0.123 e. The zero-order chi connectivity index (χ0) is 13.8. The second-order valence-corrected chi connectivity index (χ2v) is 5.50. The summed E-state index contributed by atoms with van der Waals surface area (Å²) in [5.41, 5.74) is 2.36. The van der Waals surface area contributed by atoms with Crippen molar-refractivity contribution >= 4 is 0 Å². The molecule has 1 aromatic carbocycles. The molecule has 3 nitrogen and oxygen atoms in total. The molecule has 0 amide bonds. The molecule has 0 heterocycles. The van der Waals surface area contributed by atoms with E-state index in [9.17, 15) is 5.11 Å². The normalized spacial score (nSPS) is 13.4. The maximum atomic E-state index is 9.51. The minimum Gasteiger partial charge on any atom is -0.496 e. The van der Waals surface area contributed by atoms with Crippen LogP contribution in [0.25, 0.3) is 0 Å². The lowest BCUT2D eigenvalue weighted by Crippen LogP contribution is -2.25. The Balaban J connectivity index is 3.20. The van der Waals surface area contributed by atoms with Crippen molar-refractivity contribution < 1.29 is 9.84 Å². The minimum atomic E-state index is -0.0766. The average molecular weight is 251 g/mol. The lowest BCUT2D eigenvalue weighted by Gasteiger charge is -2.24. The highest BCUT2D eigenvalue weighted by Gasteiger charge is 2.19. The second kappa shape index (κ2) is 6.21. The van der Waals surface area contributed by atoms with Gasteiger partial charge in [-0.05, 0) is 29.7 Å². The van der Waals surface area contributed by atoms with E-state index >= 15 is 0 Å². The van der Waals surface area contributed by atoms with Crippen LogP contribution in [0.5, 0.6) is 5.75 Å². The van der Waals surface area contributed by atoms with Crippen molar-refractivity contribution in [2.24, 2.45) is 0 Å². The van der Waals surface area contributed by atoms with Gasteiger partial charge in [-0.15, -0.1) is 0 Å². The first-order valence-electron chi connectivity index (χ1n) is 6.46. The zero-order valence-electron chi connectivity index (χ0n) is 12.1. The van der Waals surface area contributed by atoms with Crippen LogP contribution in [0.15, 0.2) is 18.2 Å². The molecule has 0 aliphatic carbocycles. The Hall–Kier alpha value is -1.06. The van der Waals surface area contributed by atoms with Gasteiger partial charge in [0, 0.05) is 5.56 Å². The maximum absolute atomic E-state index is 9.51. The fourth-order valence-corrected chi connectivity index (χ4v) is 1.99. The summed E-state index contributed by atoms with van der Waals surface area (Å²) in [5.74, 6) is 0.822. The molecule has 1 aromatic rings. The van der Waals surface area contributed by atoms with E-state index in [1.54, 1.807) is 7.11 Å². The van der Waals surface area contributed by atoms with Gasteiger partial charge in [-0.3, -0.25) is 0 Å². The topological polar surface area (TPSA) is 41.5 Å². The van der Waals surface area contributed by atoms with Gasteiger partial charge in [-0.1, -0.05) is 33.8 Å². The number of rotatable bonds is 5. The van der Waals surface area contributed by atoms with Crippen molar-refractivity contribution in [2.75, 3.05) is 20.3 Å². The summed E-state index contributed by atoms with van der Waals surface area (Å²) in [6, 6.07) is 6.12. The van der Waals surface area contributed by atoms with Crippen molar-refractivity contribution in [3.05, 3.63) is 29.3 Å². The van der Waals surface area contributed by atoms with Crippen LogP contribution in [0.4, 0.5) is 0 Å². The van der Waals surface area contributed by atoms with E-state index < -0.39 is 0 Å². The number of ether oxygens (including phenoxy) is 1. The second-order valence-electron chi connectivity index (χ2n) is 5.50. The van der Waals surface area contributed by atoms with E-state index in [1.165, 1.54) is 5.56 Å². The number of hydrogen-bond donors (Lipinski definition) is 2. The molecule has 2 N–H and O–H groups in total. The Kier molecular flexibility index (Phi) is 5.17. The highest BCUT2D eigenvalue weighted by atomic mass is 16.5. The number of aliphatic hydroxyl groups excluding tert-OH is 1. The molecule has 1 rings (SSSR count). The lowest BCUT2D eigenvalue weighted by atomic mass is 9.85. The van der Waals surface area contributed by atoms with Crippen molar-refractivity contribution in [3.8, 4) is 5.75 Å². The van der Waals surface area contributed by atoms with Gasteiger partial charge in [-0.25, -0.2) is 0 Å². The molecule has 0 spiro atoms.